The molecular formula is C11H13BrN4. The van der Waals surface area contributed by atoms with Crippen LogP contribution in [0, 0.1) is 6.92 Å². The highest BCUT2D eigenvalue weighted by Gasteiger charge is 2.02. The molecule has 1 aromatic carbocycles. The Labute approximate surface area is 103 Å². The zero-order chi connectivity index (χ0) is 11.5. The lowest BCUT2D eigenvalue weighted by molar-refractivity contribution is 0.683. The molecule has 0 spiro atoms. The maximum absolute atomic E-state index is 3.89. The third-order valence-corrected chi connectivity index (χ3v) is 2.96. The summed E-state index contributed by atoms with van der Waals surface area (Å²) in [5.41, 5.74) is 3.40. The number of anilines is 1. The molecule has 5 heteroatoms. The van der Waals surface area contributed by atoms with Gasteiger partial charge in [-0.25, -0.2) is 0 Å². The van der Waals surface area contributed by atoms with Crippen LogP contribution in [0.3, 0.4) is 0 Å². The molecule has 1 N–H and O–H groups in total. The number of aromatic nitrogens is 3. The van der Waals surface area contributed by atoms with Gasteiger partial charge in [0.15, 0.2) is 0 Å². The van der Waals surface area contributed by atoms with Crippen molar-refractivity contribution < 1.29 is 0 Å². The van der Waals surface area contributed by atoms with E-state index in [1.807, 2.05) is 13.1 Å². The van der Waals surface area contributed by atoms with Crippen molar-refractivity contribution in [2.24, 2.45) is 7.05 Å². The van der Waals surface area contributed by atoms with E-state index in [-0.39, 0.29) is 0 Å². The van der Waals surface area contributed by atoms with Gasteiger partial charge < -0.3 is 5.32 Å². The van der Waals surface area contributed by atoms with E-state index in [4.69, 9.17) is 0 Å². The van der Waals surface area contributed by atoms with Gasteiger partial charge in [-0.1, -0.05) is 27.2 Å². The Balaban J connectivity index is 2.10. The smallest absolute Gasteiger partial charge is 0.0774 e. The Morgan fingerprint density at radius 2 is 2.25 bits per heavy atom. The van der Waals surface area contributed by atoms with Crippen LogP contribution in [-0.2, 0) is 13.6 Å². The molecule has 1 heterocycles. The molecule has 0 fully saturated rings. The van der Waals surface area contributed by atoms with E-state index in [1.54, 1.807) is 10.9 Å². The van der Waals surface area contributed by atoms with Crippen LogP contribution in [0.15, 0.2) is 28.9 Å². The number of nitrogens with one attached hydrogen (secondary N) is 1. The van der Waals surface area contributed by atoms with Crippen LogP contribution < -0.4 is 5.32 Å². The molecular weight excluding hydrogens is 268 g/mol. The van der Waals surface area contributed by atoms with Crippen molar-refractivity contribution in [3.05, 3.63) is 40.1 Å². The van der Waals surface area contributed by atoms with E-state index in [1.165, 1.54) is 5.56 Å². The second-order valence-corrected chi connectivity index (χ2v) is 4.58. The van der Waals surface area contributed by atoms with Crippen LogP contribution in [0.4, 0.5) is 5.69 Å². The highest BCUT2D eigenvalue weighted by atomic mass is 79.9. The van der Waals surface area contributed by atoms with Crippen LogP contribution in [0.5, 0.6) is 0 Å². The second kappa shape index (κ2) is 4.65. The van der Waals surface area contributed by atoms with E-state index in [9.17, 15) is 0 Å². The highest BCUT2D eigenvalue weighted by Crippen LogP contribution is 2.20. The van der Waals surface area contributed by atoms with E-state index < -0.39 is 0 Å². The van der Waals surface area contributed by atoms with Gasteiger partial charge in [0, 0.05) is 17.2 Å². The molecule has 1 aromatic heterocycles. The van der Waals surface area contributed by atoms with Crippen molar-refractivity contribution >= 4 is 21.6 Å². The summed E-state index contributed by atoms with van der Waals surface area (Å²) < 4.78 is 2.84. The van der Waals surface area contributed by atoms with Gasteiger partial charge >= 0.3 is 0 Å². The molecule has 84 valence electrons. The molecule has 0 radical (unpaired) electrons. The van der Waals surface area contributed by atoms with Crippen molar-refractivity contribution in [1.29, 1.82) is 0 Å². The number of benzene rings is 1. The molecule has 16 heavy (non-hydrogen) atoms. The summed E-state index contributed by atoms with van der Waals surface area (Å²) in [4.78, 5) is 0. The average Bonchev–Trinajstić information content (AvgIpc) is 2.66. The van der Waals surface area contributed by atoms with Gasteiger partial charge in [0.2, 0.25) is 0 Å². The minimum absolute atomic E-state index is 0.723. The van der Waals surface area contributed by atoms with Gasteiger partial charge in [0.05, 0.1) is 18.4 Å². The van der Waals surface area contributed by atoms with Crippen LogP contribution >= 0.6 is 15.9 Å². The second-order valence-electron chi connectivity index (χ2n) is 3.66. The molecule has 0 aliphatic heterocycles. The largest absolute Gasteiger partial charge is 0.379 e. The van der Waals surface area contributed by atoms with E-state index in [0.717, 1.165) is 22.4 Å². The molecule has 0 aliphatic carbocycles. The van der Waals surface area contributed by atoms with Gasteiger partial charge in [-0.2, -0.15) is 0 Å². The number of halogens is 1. The van der Waals surface area contributed by atoms with Gasteiger partial charge in [0.25, 0.3) is 0 Å². The lowest BCUT2D eigenvalue weighted by Gasteiger charge is -2.09. The van der Waals surface area contributed by atoms with E-state index in [2.05, 4.69) is 50.6 Å². The fourth-order valence-electron chi connectivity index (χ4n) is 1.44. The normalized spacial score (nSPS) is 10.4. The fourth-order valence-corrected chi connectivity index (χ4v) is 1.80. The summed E-state index contributed by atoms with van der Waals surface area (Å²) in [6, 6.07) is 6.18. The number of aryl methyl sites for hydroxylation is 2. The average molecular weight is 281 g/mol. The summed E-state index contributed by atoms with van der Waals surface area (Å²) in [7, 11) is 1.89. The zero-order valence-electron chi connectivity index (χ0n) is 9.24. The quantitative estimate of drug-likeness (QED) is 0.940. The lowest BCUT2D eigenvalue weighted by atomic mass is 10.2. The van der Waals surface area contributed by atoms with Crippen molar-refractivity contribution in [3.63, 3.8) is 0 Å². The van der Waals surface area contributed by atoms with Crippen LogP contribution in [-0.4, -0.2) is 15.0 Å². The molecule has 0 amide bonds. The summed E-state index contributed by atoms with van der Waals surface area (Å²) in [6.45, 7) is 2.80. The number of rotatable bonds is 3. The highest BCUT2D eigenvalue weighted by molar-refractivity contribution is 9.10. The Bertz CT molecular complexity index is 492. The predicted molar refractivity (Wildman–Crippen MR) is 67.2 cm³/mol. The van der Waals surface area contributed by atoms with Crippen LogP contribution in [0.25, 0.3) is 0 Å². The molecule has 4 nitrogen and oxygen atoms in total. The predicted octanol–water partition coefficient (Wildman–Crippen LogP) is 2.50. The SMILES string of the molecule is Cc1ccc(Br)cc1NCc1cnnn1C. The maximum atomic E-state index is 3.89. The van der Waals surface area contributed by atoms with E-state index >= 15 is 0 Å². The molecule has 0 bridgehead atoms. The molecule has 0 saturated carbocycles. The first-order chi connectivity index (χ1) is 7.66. The molecule has 0 saturated heterocycles. The standard InChI is InChI=1S/C11H13BrN4/c1-8-3-4-9(12)5-11(8)13-6-10-7-14-15-16(10)2/h3-5,7,13H,6H2,1-2H3. The topological polar surface area (TPSA) is 42.7 Å². The molecule has 2 aromatic rings. The van der Waals surface area contributed by atoms with Gasteiger partial charge in [0.1, 0.15) is 0 Å². The molecule has 0 atom stereocenters. The fraction of sp³-hybridized carbons (Fsp3) is 0.273. The summed E-state index contributed by atoms with van der Waals surface area (Å²) >= 11 is 3.46. The first-order valence-electron chi connectivity index (χ1n) is 5.00. The van der Waals surface area contributed by atoms with Gasteiger partial charge in [-0.3, -0.25) is 4.68 Å². The number of hydrogen-bond acceptors (Lipinski definition) is 3. The third-order valence-electron chi connectivity index (χ3n) is 2.47. The first-order valence-corrected chi connectivity index (χ1v) is 5.79. The van der Waals surface area contributed by atoms with Gasteiger partial charge in [-0.15, -0.1) is 5.10 Å². The Morgan fingerprint density at radius 1 is 1.44 bits per heavy atom. The van der Waals surface area contributed by atoms with E-state index in [0.29, 0.717) is 0 Å². The number of hydrogen-bond donors (Lipinski definition) is 1. The maximum Gasteiger partial charge on any atom is 0.0774 e. The monoisotopic (exact) mass is 280 g/mol. The summed E-state index contributed by atoms with van der Waals surface area (Å²) in [5.74, 6) is 0. The van der Waals surface area contributed by atoms with Crippen molar-refractivity contribution in [3.8, 4) is 0 Å². The van der Waals surface area contributed by atoms with Crippen LogP contribution in [0.1, 0.15) is 11.3 Å². The third kappa shape index (κ3) is 2.41. The van der Waals surface area contributed by atoms with Gasteiger partial charge in [-0.05, 0) is 24.6 Å². The van der Waals surface area contributed by atoms with Crippen LogP contribution in [0.2, 0.25) is 0 Å². The lowest BCUT2D eigenvalue weighted by Crippen LogP contribution is -2.06. The van der Waals surface area contributed by atoms with Crippen molar-refractivity contribution in [2.75, 3.05) is 5.32 Å². The number of nitrogens with zero attached hydrogens (tertiary/aromatic N) is 3. The van der Waals surface area contributed by atoms with Crippen molar-refractivity contribution in [2.45, 2.75) is 13.5 Å². The molecule has 2 rings (SSSR count). The Kier molecular flexibility index (Phi) is 3.24. The summed E-state index contributed by atoms with van der Waals surface area (Å²) in [5, 5.41) is 11.1. The zero-order valence-corrected chi connectivity index (χ0v) is 10.8. The minimum Gasteiger partial charge on any atom is -0.379 e. The van der Waals surface area contributed by atoms with Crippen molar-refractivity contribution in [1.82, 2.24) is 15.0 Å². The first kappa shape index (κ1) is 11.1. The Hall–Kier alpha value is -1.36. The minimum atomic E-state index is 0.723. The Morgan fingerprint density at radius 3 is 2.94 bits per heavy atom. The summed E-state index contributed by atoms with van der Waals surface area (Å²) in [6.07, 6.45) is 1.76. The molecule has 0 unspecified atom stereocenters. The molecule has 0 aliphatic rings.